The highest BCUT2D eigenvalue weighted by Gasteiger charge is 2.33. The fourth-order valence-electron chi connectivity index (χ4n) is 2.27. The fourth-order valence-corrected chi connectivity index (χ4v) is 2.27. The molecule has 26 heavy (non-hydrogen) atoms. The molecule has 0 heterocycles. The summed E-state index contributed by atoms with van der Waals surface area (Å²) in [6.07, 6.45) is 6.68. The Bertz CT molecular complexity index is 403. The van der Waals surface area contributed by atoms with Gasteiger partial charge in [-0.2, -0.15) is 0 Å². The number of methoxy groups -OCH3 is 2. The number of rotatable bonds is 17. The van der Waals surface area contributed by atoms with Crippen LogP contribution in [-0.4, -0.2) is 63.4 Å². The number of carbonyl (C=O) groups excluding carboxylic acids is 2. The van der Waals surface area contributed by atoms with E-state index in [2.05, 4.69) is 0 Å². The third kappa shape index (κ3) is 11.0. The summed E-state index contributed by atoms with van der Waals surface area (Å²) in [5.41, 5.74) is -1.97. The van der Waals surface area contributed by atoms with Crippen molar-refractivity contribution in [2.45, 2.75) is 77.4 Å². The Hall–Kier alpha value is -0.820. The normalized spacial score (nSPS) is 12.4. The van der Waals surface area contributed by atoms with Crippen LogP contribution in [0, 0.1) is 0 Å². The molecule has 0 aromatic rings. The van der Waals surface area contributed by atoms with Gasteiger partial charge in [0.15, 0.2) is 11.6 Å². The predicted molar refractivity (Wildman–Crippen MR) is 102 cm³/mol. The molecule has 6 nitrogen and oxygen atoms in total. The van der Waals surface area contributed by atoms with Crippen LogP contribution in [0.4, 0.5) is 0 Å². The summed E-state index contributed by atoms with van der Waals surface area (Å²) in [6, 6.07) is 0. The first-order valence-corrected chi connectivity index (χ1v) is 9.49. The van der Waals surface area contributed by atoms with Crippen LogP contribution >= 0.6 is 0 Å². The summed E-state index contributed by atoms with van der Waals surface area (Å²) in [6.45, 7) is 7.95. The Labute approximate surface area is 158 Å². The number of hydrogen-bond acceptors (Lipinski definition) is 6. The molecule has 0 radical (unpaired) electrons. The highest BCUT2D eigenvalue weighted by atomic mass is 16.5. The van der Waals surface area contributed by atoms with Crippen molar-refractivity contribution in [1.82, 2.24) is 0 Å². The Morgan fingerprint density at radius 2 is 1.08 bits per heavy atom. The first-order chi connectivity index (χ1) is 12.2. The van der Waals surface area contributed by atoms with Crippen molar-refractivity contribution in [2.75, 3.05) is 40.6 Å². The van der Waals surface area contributed by atoms with Gasteiger partial charge in [-0.25, -0.2) is 0 Å². The molecule has 0 aliphatic carbocycles. The number of unbranched alkanes of at least 4 members (excludes halogenated alkanes) is 5. The van der Waals surface area contributed by atoms with Gasteiger partial charge in [0.25, 0.3) is 0 Å². The Kier molecular flexibility index (Phi) is 12.9. The topological polar surface area (TPSA) is 71.1 Å². The number of carbonyl (C=O) groups is 2. The molecular weight excluding hydrogens is 336 g/mol. The molecule has 0 aromatic carbocycles. The lowest BCUT2D eigenvalue weighted by Crippen LogP contribution is -2.43. The van der Waals surface area contributed by atoms with Gasteiger partial charge in [0.05, 0.1) is 0 Å². The van der Waals surface area contributed by atoms with Crippen LogP contribution in [0.5, 0.6) is 0 Å². The number of ketones is 2. The summed E-state index contributed by atoms with van der Waals surface area (Å²) >= 11 is 0. The zero-order valence-electron chi connectivity index (χ0n) is 17.5. The molecule has 0 aromatic heterocycles. The minimum atomic E-state index is -1.05. The average molecular weight is 375 g/mol. The monoisotopic (exact) mass is 374 g/mol. The average Bonchev–Trinajstić information content (AvgIpc) is 2.58. The number of Topliss-reactive ketones (excluding diaryl/α,β-unsaturated/α-hetero) is 2. The van der Waals surface area contributed by atoms with Crippen LogP contribution in [0.15, 0.2) is 0 Å². The SMILES string of the molecule is COCCCCCCCCOC(C)(C)C(=O)COC(C)(C)C(=O)COC. The lowest BCUT2D eigenvalue weighted by molar-refractivity contribution is -0.157. The molecule has 154 valence electrons. The van der Waals surface area contributed by atoms with Gasteiger partial charge >= 0.3 is 0 Å². The Balaban J connectivity index is 4.00. The molecule has 6 heteroatoms. The van der Waals surface area contributed by atoms with Gasteiger partial charge in [-0.05, 0) is 40.5 Å². The van der Waals surface area contributed by atoms with Crippen molar-refractivity contribution in [3.63, 3.8) is 0 Å². The maximum Gasteiger partial charge on any atom is 0.189 e. The van der Waals surface area contributed by atoms with Crippen molar-refractivity contribution < 1.29 is 28.5 Å². The molecule has 0 bridgehead atoms. The third-order valence-corrected chi connectivity index (χ3v) is 4.39. The van der Waals surface area contributed by atoms with Gasteiger partial charge in [-0.1, -0.05) is 25.7 Å². The van der Waals surface area contributed by atoms with Crippen LogP contribution in [0.25, 0.3) is 0 Å². The largest absolute Gasteiger partial charge is 0.385 e. The molecular formula is C20H38O6. The van der Waals surface area contributed by atoms with Crippen LogP contribution in [0.2, 0.25) is 0 Å². The van der Waals surface area contributed by atoms with E-state index in [4.69, 9.17) is 18.9 Å². The van der Waals surface area contributed by atoms with Crippen molar-refractivity contribution in [3.05, 3.63) is 0 Å². The molecule has 0 fully saturated rings. The second-order valence-electron chi connectivity index (χ2n) is 7.55. The van der Waals surface area contributed by atoms with Gasteiger partial charge in [-0.3, -0.25) is 9.59 Å². The maximum absolute atomic E-state index is 12.4. The summed E-state index contributed by atoms with van der Waals surface area (Å²) in [7, 11) is 3.18. The van der Waals surface area contributed by atoms with Gasteiger partial charge in [-0.15, -0.1) is 0 Å². The molecule has 0 unspecified atom stereocenters. The smallest absolute Gasteiger partial charge is 0.189 e. The first-order valence-electron chi connectivity index (χ1n) is 9.49. The van der Waals surface area contributed by atoms with E-state index in [-0.39, 0.29) is 24.8 Å². The van der Waals surface area contributed by atoms with Crippen LogP contribution in [0.1, 0.15) is 66.2 Å². The quantitative estimate of drug-likeness (QED) is 0.364. The van der Waals surface area contributed by atoms with Gasteiger partial charge in [0, 0.05) is 27.4 Å². The molecule has 0 amide bonds. The summed E-state index contributed by atoms with van der Waals surface area (Å²) in [5.74, 6) is -0.368. The minimum absolute atomic E-state index is 0.0352. The predicted octanol–water partition coefficient (Wildman–Crippen LogP) is 3.35. The van der Waals surface area contributed by atoms with E-state index in [1.165, 1.54) is 26.4 Å². The molecule has 0 saturated heterocycles. The Morgan fingerprint density at radius 3 is 1.62 bits per heavy atom. The fraction of sp³-hybridized carbons (Fsp3) is 0.900. The number of hydrogen-bond donors (Lipinski definition) is 0. The van der Waals surface area contributed by atoms with Crippen molar-refractivity contribution in [3.8, 4) is 0 Å². The van der Waals surface area contributed by atoms with E-state index in [0.717, 1.165) is 25.9 Å². The van der Waals surface area contributed by atoms with E-state index < -0.39 is 11.2 Å². The van der Waals surface area contributed by atoms with Gasteiger partial charge in [0.2, 0.25) is 0 Å². The van der Waals surface area contributed by atoms with Crippen molar-refractivity contribution >= 4 is 11.6 Å². The lowest BCUT2D eigenvalue weighted by Gasteiger charge is -2.27. The van der Waals surface area contributed by atoms with E-state index >= 15 is 0 Å². The maximum atomic E-state index is 12.4. The van der Waals surface area contributed by atoms with Gasteiger partial charge < -0.3 is 18.9 Å². The molecule has 0 spiro atoms. The number of ether oxygens (including phenoxy) is 4. The van der Waals surface area contributed by atoms with Crippen molar-refractivity contribution in [2.24, 2.45) is 0 Å². The van der Waals surface area contributed by atoms with Gasteiger partial charge in [0.1, 0.15) is 24.4 Å². The minimum Gasteiger partial charge on any atom is -0.385 e. The van der Waals surface area contributed by atoms with E-state index in [9.17, 15) is 9.59 Å². The standard InChI is InChI=1S/C20H38O6/c1-19(2,25-14-12-10-8-7-9-11-13-23-5)18(22)16-26-20(3,4)17(21)15-24-6/h7-16H2,1-6H3. The molecule has 0 atom stereocenters. The molecule has 0 aliphatic rings. The highest BCUT2D eigenvalue weighted by Crippen LogP contribution is 2.17. The highest BCUT2D eigenvalue weighted by molar-refractivity contribution is 5.90. The van der Waals surface area contributed by atoms with Crippen LogP contribution in [0.3, 0.4) is 0 Å². The summed E-state index contributed by atoms with van der Waals surface area (Å²) in [5, 5.41) is 0. The van der Waals surface area contributed by atoms with E-state index in [0.29, 0.717) is 6.61 Å². The van der Waals surface area contributed by atoms with E-state index in [1.54, 1.807) is 34.8 Å². The summed E-state index contributed by atoms with van der Waals surface area (Å²) < 4.78 is 21.1. The van der Waals surface area contributed by atoms with E-state index in [1.807, 2.05) is 0 Å². The first kappa shape index (κ1) is 25.2. The van der Waals surface area contributed by atoms with Crippen LogP contribution in [-0.2, 0) is 28.5 Å². The lowest BCUT2D eigenvalue weighted by atomic mass is 10.0. The molecule has 0 rings (SSSR count). The zero-order valence-corrected chi connectivity index (χ0v) is 17.5. The molecule has 0 saturated carbocycles. The molecule has 0 N–H and O–H groups in total. The summed E-state index contributed by atoms with van der Waals surface area (Å²) in [4.78, 5) is 24.2. The third-order valence-electron chi connectivity index (χ3n) is 4.39. The van der Waals surface area contributed by atoms with Crippen molar-refractivity contribution in [1.29, 1.82) is 0 Å². The zero-order chi connectivity index (χ0) is 20.1. The Morgan fingerprint density at radius 1 is 0.615 bits per heavy atom. The second kappa shape index (κ2) is 13.4. The van der Waals surface area contributed by atoms with Crippen LogP contribution < -0.4 is 0 Å². The second-order valence-corrected chi connectivity index (χ2v) is 7.55. The molecule has 0 aliphatic heterocycles.